The molecule has 0 bridgehead atoms. The van der Waals surface area contributed by atoms with Crippen LogP contribution in [0, 0.1) is 0 Å². The topological polar surface area (TPSA) is 72.1 Å². The lowest BCUT2D eigenvalue weighted by atomic mass is 10.2. The van der Waals surface area contributed by atoms with Crippen LogP contribution in [0.15, 0.2) is 0 Å². The smallest absolute Gasteiger partial charge is 0.267 e. The van der Waals surface area contributed by atoms with Crippen LogP contribution in [0.1, 0.15) is 35.6 Å². The zero-order valence-electron chi connectivity index (χ0n) is 10.1. The maximum absolute atomic E-state index is 12.2. The molecule has 0 fully saturated rings. The predicted molar refractivity (Wildman–Crippen MR) is 72.2 cm³/mol. The molecule has 5 nitrogen and oxygen atoms in total. The van der Waals surface area contributed by atoms with Crippen LogP contribution in [0.4, 0.5) is 0 Å². The van der Waals surface area contributed by atoms with E-state index in [1.165, 1.54) is 0 Å². The van der Waals surface area contributed by atoms with Crippen LogP contribution < -0.4 is 5.73 Å². The van der Waals surface area contributed by atoms with Gasteiger partial charge >= 0.3 is 0 Å². The summed E-state index contributed by atoms with van der Waals surface area (Å²) in [6.07, 6.45) is 1.22. The van der Waals surface area contributed by atoms with Gasteiger partial charge < -0.3 is 10.6 Å². The van der Waals surface area contributed by atoms with Gasteiger partial charge in [-0.15, -0.1) is 5.10 Å². The monoisotopic (exact) mass is 272 g/mol. The minimum atomic E-state index is -0.0689. The molecule has 1 amide bonds. The van der Waals surface area contributed by atoms with Crippen molar-refractivity contribution in [1.29, 1.82) is 0 Å². The summed E-state index contributed by atoms with van der Waals surface area (Å²) in [6, 6.07) is -0.0215. The van der Waals surface area contributed by atoms with Crippen LogP contribution in [0.5, 0.6) is 0 Å². The average Bonchev–Trinajstić information content (AvgIpc) is 2.73. The number of rotatable bonds is 5. The van der Waals surface area contributed by atoms with Gasteiger partial charge in [-0.1, -0.05) is 23.6 Å². The predicted octanol–water partition coefficient (Wildman–Crippen LogP) is 1.24. The van der Waals surface area contributed by atoms with E-state index >= 15 is 0 Å². The first-order chi connectivity index (χ1) is 7.97. The molecule has 7 heteroatoms. The van der Waals surface area contributed by atoms with Crippen molar-refractivity contribution in [2.24, 2.45) is 5.73 Å². The van der Waals surface area contributed by atoms with Gasteiger partial charge in [-0.3, -0.25) is 4.79 Å². The molecule has 0 saturated carbocycles. The summed E-state index contributed by atoms with van der Waals surface area (Å²) in [5, 5.41) is 3.93. The van der Waals surface area contributed by atoms with E-state index in [1.807, 2.05) is 13.8 Å². The van der Waals surface area contributed by atoms with E-state index in [2.05, 4.69) is 9.59 Å². The summed E-state index contributed by atoms with van der Waals surface area (Å²) in [7, 11) is 1.74. The van der Waals surface area contributed by atoms with Gasteiger partial charge in [0.25, 0.3) is 5.91 Å². The van der Waals surface area contributed by atoms with Crippen LogP contribution in [0.2, 0.25) is 0 Å². The van der Waals surface area contributed by atoms with E-state index in [0.29, 0.717) is 22.7 Å². The summed E-state index contributed by atoms with van der Waals surface area (Å²) >= 11 is 5.97. The van der Waals surface area contributed by atoms with Crippen LogP contribution in [-0.4, -0.2) is 38.5 Å². The number of hydrogen-bond acceptors (Lipinski definition) is 5. The number of nitrogens with two attached hydrogens (primary N) is 1. The lowest BCUT2D eigenvalue weighted by molar-refractivity contribution is 0.0751. The van der Waals surface area contributed by atoms with Gasteiger partial charge in [-0.25, -0.2) is 0 Å². The molecule has 17 heavy (non-hydrogen) atoms. The van der Waals surface area contributed by atoms with E-state index in [-0.39, 0.29) is 11.9 Å². The number of aryl methyl sites for hydroxylation is 1. The zero-order chi connectivity index (χ0) is 13.0. The zero-order valence-corrected chi connectivity index (χ0v) is 11.8. The lowest BCUT2D eigenvalue weighted by Crippen LogP contribution is -2.37. The second-order valence-corrected chi connectivity index (χ2v) is 5.12. The molecule has 1 aromatic rings. The van der Waals surface area contributed by atoms with Crippen LogP contribution in [0.25, 0.3) is 0 Å². The summed E-state index contributed by atoms with van der Waals surface area (Å²) in [5.74, 6) is -0.0689. The largest absolute Gasteiger partial charge is 0.393 e. The molecule has 0 aliphatic heterocycles. The molecule has 0 radical (unpaired) electrons. The van der Waals surface area contributed by atoms with Crippen molar-refractivity contribution in [3.05, 3.63) is 10.6 Å². The van der Waals surface area contributed by atoms with Crippen LogP contribution >= 0.6 is 23.8 Å². The number of thiocarbonyl (C=S) groups is 1. The summed E-state index contributed by atoms with van der Waals surface area (Å²) in [6.45, 7) is 3.86. The molecule has 0 aliphatic rings. The maximum atomic E-state index is 12.2. The molecule has 0 aromatic carbocycles. The molecule has 0 spiro atoms. The lowest BCUT2D eigenvalue weighted by Gasteiger charge is -2.24. The first-order valence-electron chi connectivity index (χ1n) is 5.34. The Labute approximate surface area is 110 Å². The molecule has 1 unspecified atom stereocenters. The number of nitrogens with zero attached hydrogens (tertiary/aromatic N) is 3. The Morgan fingerprint density at radius 1 is 1.65 bits per heavy atom. The fourth-order valence-electron chi connectivity index (χ4n) is 1.39. The summed E-state index contributed by atoms with van der Waals surface area (Å²) in [4.78, 5) is 14.8. The van der Waals surface area contributed by atoms with Crippen LogP contribution in [0.3, 0.4) is 0 Å². The number of hydrogen-bond donors (Lipinski definition) is 1. The number of carbonyl (C=O) groups is 1. The minimum absolute atomic E-state index is 0.0215. The Kier molecular flexibility index (Phi) is 4.95. The molecule has 0 saturated heterocycles. The molecular formula is C10H16N4OS2. The van der Waals surface area contributed by atoms with E-state index in [4.69, 9.17) is 18.0 Å². The van der Waals surface area contributed by atoms with Crippen molar-refractivity contribution < 1.29 is 4.79 Å². The molecule has 2 N–H and O–H groups in total. The van der Waals surface area contributed by atoms with E-state index in [0.717, 1.165) is 17.2 Å². The molecule has 1 rings (SSSR count). The third-order valence-corrected chi connectivity index (χ3v) is 3.49. The standard InChI is InChI=1S/C10H16N4OS2/c1-4-7-9(17-13-12-7)10(15)14(3)6(2)5-8(11)16/h6H,4-5H2,1-3H3,(H2,11,16). The highest BCUT2D eigenvalue weighted by atomic mass is 32.1. The Morgan fingerprint density at radius 3 is 2.82 bits per heavy atom. The van der Waals surface area contributed by atoms with Gasteiger partial charge in [0, 0.05) is 19.5 Å². The second kappa shape index (κ2) is 6.02. The normalized spacial score (nSPS) is 12.2. The van der Waals surface area contributed by atoms with Crippen molar-refractivity contribution in [2.45, 2.75) is 32.7 Å². The Morgan fingerprint density at radius 2 is 2.29 bits per heavy atom. The number of aromatic nitrogens is 2. The first kappa shape index (κ1) is 14.0. The third kappa shape index (κ3) is 3.44. The molecular weight excluding hydrogens is 256 g/mol. The second-order valence-electron chi connectivity index (χ2n) is 3.84. The highest BCUT2D eigenvalue weighted by Gasteiger charge is 2.22. The van der Waals surface area contributed by atoms with Gasteiger partial charge in [0.05, 0.1) is 10.7 Å². The van der Waals surface area contributed by atoms with E-state index in [9.17, 15) is 4.79 Å². The van der Waals surface area contributed by atoms with Crippen molar-refractivity contribution in [2.75, 3.05) is 7.05 Å². The third-order valence-electron chi connectivity index (χ3n) is 2.56. The summed E-state index contributed by atoms with van der Waals surface area (Å²) in [5.41, 5.74) is 6.22. The quantitative estimate of drug-likeness (QED) is 0.816. The molecule has 1 aromatic heterocycles. The number of amides is 1. The van der Waals surface area contributed by atoms with Gasteiger partial charge in [-0.2, -0.15) is 0 Å². The molecule has 94 valence electrons. The highest BCUT2D eigenvalue weighted by molar-refractivity contribution is 7.80. The van der Waals surface area contributed by atoms with Crippen molar-refractivity contribution in [1.82, 2.24) is 14.5 Å². The fraction of sp³-hybridized carbons (Fsp3) is 0.600. The van der Waals surface area contributed by atoms with Crippen molar-refractivity contribution >= 4 is 34.6 Å². The van der Waals surface area contributed by atoms with Gasteiger partial charge in [-0.05, 0) is 24.9 Å². The minimum Gasteiger partial charge on any atom is -0.393 e. The van der Waals surface area contributed by atoms with E-state index < -0.39 is 0 Å². The Hall–Kier alpha value is -1.08. The van der Waals surface area contributed by atoms with Crippen molar-refractivity contribution in [3.8, 4) is 0 Å². The Balaban J connectivity index is 2.79. The fourth-order valence-corrected chi connectivity index (χ4v) is 2.37. The first-order valence-corrected chi connectivity index (χ1v) is 6.52. The molecule has 1 heterocycles. The molecule has 0 aliphatic carbocycles. The SMILES string of the molecule is CCc1nnsc1C(=O)N(C)C(C)CC(N)=S. The molecule has 1 atom stereocenters. The van der Waals surface area contributed by atoms with Gasteiger partial charge in [0.2, 0.25) is 0 Å². The Bertz CT molecular complexity index is 418. The highest BCUT2D eigenvalue weighted by Crippen LogP contribution is 2.15. The van der Waals surface area contributed by atoms with Crippen LogP contribution in [-0.2, 0) is 6.42 Å². The summed E-state index contributed by atoms with van der Waals surface area (Å²) < 4.78 is 3.81. The van der Waals surface area contributed by atoms with E-state index in [1.54, 1.807) is 11.9 Å². The van der Waals surface area contributed by atoms with Crippen molar-refractivity contribution in [3.63, 3.8) is 0 Å². The van der Waals surface area contributed by atoms with Gasteiger partial charge in [0.1, 0.15) is 4.88 Å². The van der Waals surface area contributed by atoms with Gasteiger partial charge in [0.15, 0.2) is 0 Å². The number of carbonyl (C=O) groups excluding carboxylic acids is 1. The maximum Gasteiger partial charge on any atom is 0.267 e. The average molecular weight is 272 g/mol.